The largest absolute Gasteiger partial charge is 0.497 e. The lowest BCUT2D eigenvalue weighted by Gasteiger charge is -2.19. The monoisotopic (exact) mass is 404 g/mol. The van der Waals surface area contributed by atoms with Crippen molar-refractivity contribution in [2.24, 2.45) is 0 Å². The minimum absolute atomic E-state index is 0.0806. The number of methoxy groups -OCH3 is 1. The van der Waals surface area contributed by atoms with Crippen molar-refractivity contribution in [3.63, 3.8) is 0 Å². The zero-order chi connectivity index (χ0) is 20.1. The average Bonchev–Trinajstić information content (AvgIpc) is 3.24. The number of rotatable bonds is 7. The van der Waals surface area contributed by atoms with Crippen LogP contribution in [0.15, 0.2) is 47.5 Å². The highest BCUT2D eigenvalue weighted by Gasteiger charge is 2.27. The van der Waals surface area contributed by atoms with Gasteiger partial charge < -0.3 is 15.0 Å². The van der Waals surface area contributed by atoms with Crippen LogP contribution in [0.1, 0.15) is 12.8 Å². The summed E-state index contributed by atoms with van der Waals surface area (Å²) in [6.07, 6.45) is 3.12. The summed E-state index contributed by atoms with van der Waals surface area (Å²) < 4.78 is 31.7. The first kappa shape index (κ1) is 20.1. The van der Waals surface area contributed by atoms with Crippen LogP contribution in [0.5, 0.6) is 5.75 Å². The van der Waals surface area contributed by atoms with Crippen LogP contribution >= 0.6 is 0 Å². The van der Waals surface area contributed by atoms with E-state index in [1.807, 2.05) is 0 Å². The third-order valence-electron chi connectivity index (χ3n) is 4.57. The van der Waals surface area contributed by atoms with Gasteiger partial charge in [0, 0.05) is 32.0 Å². The molecule has 3 rings (SSSR count). The topological polar surface area (TPSA) is 91.8 Å². The van der Waals surface area contributed by atoms with E-state index in [4.69, 9.17) is 4.74 Å². The maximum Gasteiger partial charge on any atom is 0.244 e. The fraction of sp³-hybridized carbons (Fsp3) is 0.368. The third kappa shape index (κ3) is 4.60. The van der Waals surface area contributed by atoms with Crippen LogP contribution in [0.25, 0.3) is 0 Å². The summed E-state index contributed by atoms with van der Waals surface area (Å²) >= 11 is 0. The van der Waals surface area contributed by atoms with Gasteiger partial charge in [-0.3, -0.25) is 4.79 Å². The normalized spacial score (nSPS) is 14.6. The van der Waals surface area contributed by atoms with Crippen molar-refractivity contribution in [1.82, 2.24) is 9.29 Å². The summed E-state index contributed by atoms with van der Waals surface area (Å²) in [5, 5.41) is 2.80. The minimum atomic E-state index is -3.49. The number of pyridine rings is 1. The SMILES string of the molecule is COc1ccc(NC(=O)CN(C)c2ccc(S(=O)(=O)N3CCCC3)cn2)cc1. The fourth-order valence-corrected chi connectivity index (χ4v) is 4.46. The van der Waals surface area contributed by atoms with E-state index in [2.05, 4.69) is 10.3 Å². The summed E-state index contributed by atoms with van der Waals surface area (Å²) in [6.45, 7) is 1.18. The molecule has 0 saturated carbocycles. The molecule has 0 unspecified atom stereocenters. The number of hydrogen-bond donors (Lipinski definition) is 1. The van der Waals surface area contributed by atoms with Crippen LogP contribution in [0, 0.1) is 0 Å². The molecule has 1 aliphatic heterocycles. The van der Waals surface area contributed by atoms with E-state index < -0.39 is 10.0 Å². The summed E-state index contributed by atoms with van der Waals surface area (Å²) in [5.74, 6) is 1.02. The first-order valence-electron chi connectivity index (χ1n) is 9.01. The number of benzene rings is 1. The molecule has 1 aromatic carbocycles. The predicted molar refractivity (Wildman–Crippen MR) is 107 cm³/mol. The lowest BCUT2D eigenvalue weighted by atomic mass is 10.3. The molecule has 1 amide bonds. The summed E-state index contributed by atoms with van der Waals surface area (Å²) in [4.78, 5) is 18.3. The second-order valence-electron chi connectivity index (χ2n) is 6.60. The second kappa shape index (κ2) is 8.57. The Hall–Kier alpha value is -2.65. The fourth-order valence-electron chi connectivity index (χ4n) is 3.00. The molecule has 1 fully saturated rings. The Morgan fingerprint density at radius 3 is 2.43 bits per heavy atom. The Morgan fingerprint density at radius 1 is 1.18 bits per heavy atom. The molecule has 28 heavy (non-hydrogen) atoms. The number of nitrogens with one attached hydrogen (secondary N) is 1. The Bertz CT molecular complexity index is 908. The smallest absolute Gasteiger partial charge is 0.244 e. The number of likely N-dealkylation sites (N-methyl/N-ethyl adjacent to an activating group) is 1. The Kier molecular flexibility index (Phi) is 6.15. The van der Waals surface area contributed by atoms with Gasteiger partial charge in [-0.25, -0.2) is 13.4 Å². The molecule has 8 nitrogen and oxygen atoms in total. The van der Waals surface area contributed by atoms with Gasteiger partial charge >= 0.3 is 0 Å². The maximum atomic E-state index is 12.5. The van der Waals surface area contributed by atoms with Crippen LogP contribution in [0.4, 0.5) is 11.5 Å². The van der Waals surface area contributed by atoms with E-state index in [0.29, 0.717) is 30.3 Å². The molecule has 0 aliphatic carbocycles. The van der Waals surface area contributed by atoms with E-state index >= 15 is 0 Å². The number of hydrogen-bond acceptors (Lipinski definition) is 6. The van der Waals surface area contributed by atoms with E-state index in [-0.39, 0.29) is 17.3 Å². The number of ether oxygens (including phenoxy) is 1. The number of nitrogens with zero attached hydrogens (tertiary/aromatic N) is 3. The second-order valence-corrected chi connectivity index (χ2v) is 8.53. The summed E-state index contributed by atoms with van der Waals surface area (Å²) in [5.41, 5.74) is 0.666. The highest BCUT2D eigenvalue weighted by atomic mass is 32.2. The molecule has 150 valence electrons. The van der Waals surface area contributed by atoms with E-state index in [9.17, 15) is 13.2 Å². The molecular weight excluding hydrogens is 380 g/mol. The van der Waals surface area contributed by atoms with Gasteiger partial charge in [-0.05, 0) is 49.2 Å². The van der Waals surface area contributed by atoms with Gasteiger partial charge in [-0.2, -0.15) is 4.31 Å². The first-order valence-corrected chi connectivity index (χ1v) is 10.5. The van der Waals surface area contributed by atoms with Crippen LogP contribution < -0.4 is 15.0 Å². The zero-order valence-corrected chi connectivity index (χ0v) is 16.8. The van der Waals surface area contributed by atoms with Gasteiger partial charge in [0.05, 0.1) is 13.7 Å². The lowest BCUT2D eigenvalue weighted by molar-refractivity contribution is -0.114. The Labute approximate surface area is 165 Å². The van der Waals surface area contributed by atoms with Crippen LogP contribution in [0.2, 0.25) is 0 Å². The molecule has 0 spiro atoms. The van der Waals surface area contributed by atoms with Crippen molar-refractivity contribution in [2.75, 3.05) is 44.0 Å². The van der Waals surface area contributed by atoms with Crippen LogP contribution in [-0.2, 0) is 14.8 Å². The zero-order valence-electron chi connectivity index (χ0n) is 16.0. The van der Waals surface area contributed by atoms with Gasteiger partial charge in [0.15, 0.2) is 0 Å². The molecule has 1 aromatic heterocycles. The average molecular weight is 404 g/mol. The number of carbonyl (C=O) groups excluding carboxylic acids is 1. The molecule has 1 aliphatic rings. The predicted octanol–water partition coefficient (Wildman–Crippen LogP) is 1.95. The van der Waals surface area contributed by atoms with Gasteiger partial charge in [-0.15, -0.1) is 0 Å². The van der Waals surface area contributed by atoms with E-state index in [1.54, 1.807) is 49.4 Å². The molecule has 9 heteroatoms. The number of amides is 1. The van der Waals surface area contributed by atoms with Crippen LogP contribution in [-0.4, -0.2) is 57.4 Å². The molecule has 1 N–H and O–H groups in total. The first-order chi connectivity index (χ1) is 13.4. The Morgan fingerprint density at radius 2 is 1.86 bits per heavy atom. The van der Waals surface area contributed by atoms with Crippen LogP contribution in [0.3, 0.4) is 0 Å². The maximum absolute atomic E-state index is 12.5. The molecular formula is C19H24N4O4S. The molecule has 0 bridgehead atoms. The van der Waals surface area contributed by atoms with Crippen molar-refractivity contribution in [2.45, 2.75) is 17.7 Å². The molecule has 1 saturated heterocycles. The van der Waals surface area contributed by atoms with Crippen molar-refractivity contribution in [3.05, 3.63) is 42.6 Å². The molecule has 0 radical (unpaired) electrons. The molecule has 0 atom stereocenters. The number of aromatic nitrogens is 1. The van der Waals surface area contributed by atoms with Crippen molar-refractivity contribution >= 4 is 27.4 Å². The number of anilines is 2. The van der Waals surface area contributed by atoms with Crippen molar-refractivity contribution in [3.8, 4) is 5.75 Å². The van der Waals surface area contributed by atoms with Gasteiger partial charge in [-0.1, -0.05) is 0 Å². The quantitative estimate of drug-likeness (QED) is 0.758. The van der Waals surface area contributed by atoms with Crippen molar-refractivity contribution < 1.29 is 17.9 Å². The van der Waals surface area contributed by atoms with Gasteiger partial charge in [0.2, 0.25) is 15.9 Å². The minimum Gasteiger partial charge on any atom is -0.497 e. The summed E-state index contributed by atoms with van der Waals surface area (Å²) in [6, 6.07) is 10.2. The van der Waals surface area contributed by atoms with E-state index in [1.165, 1.54) is 16.6 Å². The standard InChI is InChI=1S/C19H24N4O4S/c1-22(14-19(24)21-15-5-7-16(27-2)8-6-15)18-10-9-17(13-20-18)28(25,26)23-11-3-4-12-23/h5-10,13H,3-4,11-12,14H2,1-2H3,(H,21,24). The van der Waals surface area contributed by atoms with Crippen molar-refractivity contribution in [1.29, 1.82) is 0 Å². The van der Waals surface area contributed by atoms with Gasteiger partial charge in [0.1, 0.15) is 16.5 Å². The molecule has 2 aromatic rings. The lowest BCUT2D eigenvalue weighted by Crippen LogP contribution is -2.31. The summed E-state index contributed by atoms with van der Waals surface area (Å²) in [7, 11) is -0.181. The third-order valence-corrected chi connectivity index (χ3v) is 6.45. The van der Waals surface area contributed by atoms with Gasteiger partial charge in [0.25, 0.3) is 0 Å². The molecule has 2 heterocycles. The highest BCUT2D eigenvalue weighted by molar-refractivity contribution is 7.89. The number of carbonyl (C=O) groups is 1. The number of sulfonamides is 1. The van der Waals surface area contributed by atoms with E-state index in [0.717, 1.165) is 12.8 Å². The highest BCUT2D eigenvalue weighted by Crippen LogP contribution is 2.21. The Balaban J connectivity index is 1.60.